The lowest BCUT2D eigenvalue weighted by molar-refractivity contribution is 0.1000. The molecule has 1 saturated heterocycles. The van der Waals surface area contributed by atoms with Gasteiger partial charge in [-0.05, 0) is 76.4 Å². The number of nitrogens with zero attached hydrogens (tertiary/aromatic N) is 1. The molecular weight excluding hydrogens is 525 g/mol. The average Bonchev–Trinajstić information content (AvgIpc) is 2.87. The Bertz CT molecular complexity index is 1430. The molecule has 0 bridgehead atoms. The Morgan fingerprint density at radius 2 is 1.65 bits per heavy atom. The molecule has 0 unspecified atom stereocenters. The van der Waals surface area contributed by atoms with Gasteiger partial charge in [-0.1, -0.05) is 61.3 Å². The van der Waals surface area contributed by atoms with Gasteiger partial charge in [0, 0.05) is 36.6 Å². The fourth-order valence-corrected chi connectivity index (χ4v) is 5.65. The van der Waals surface area contributed by atoms with Gasteiger partial charge in [0.15, 0.2) is 0 Å². The Hall–Kier alpha value is -2.50. The van der Waals surface area contributed by atoms with Gasteiger partial charge in [-0.15, -0.1) is 24.8 Å². The number of piperazine rings is 1. The summed E-state index contributed by atoms with van der Waals surface area (Å²) in [7, 11) is 0. The van der Waals surface area contributed by atoms with Crippen molar-refractivity contribution in [3.63, 3.8) is 0 Å². The summed E-state index contributed by atoms with van der Waals surface area (Å²) in [6, 6.07) is 19.0. The summed E-state index contributed by atoms with van der Waals surface area (Å²) in [4.78, 5) is 15.6. The maximum Gasteiger partial charge on any atom is 0.251 e. The molecule has 0 radical (unpaired) electrons. The van der Waals surface area contributed by atoms with E-state index in [2.05, 4.69) is 66.5 Å². The molecule has 0 spiro atoms. The molecule has 0 aliphatic carbocycles. The molecule has 1 heterocycles. The molecule has 3 N–H and O–H groups in total. The first-order valence-corrected chi connectivity index (χ1v) is 12.9. The number of hydrogen-bond donors (Lipinski definition) is 2. The zero-order valence-corrected chi connectivity index (χ0v) is 23.7. The number of rotatable bonds is 6. The lowest BCUT2D eigenvalue weighted by Gasteiger charge is -2.34. The summed E-state index contributed by atoms with van der Waals surface area (Å²) in [6.45, 7) is 7.68. The second kappa shape index (κ2) is 12.4. The first kappa shape index (κ1) is 29.1. The molecule has 7 heteroatoms. The van der Waals surface area contributed by atoms with Crippen LogP contribution in [0.4, 0.5) is 5.69 Å². The van der Waals surface area contributed by atoms with E-state index in [4.69, 9.17) is 17.3 Å². The van der Waals surface area contributed by atoms with Crippen molar-refractivity contribution in [3.8, 4) is 11.1 Å². The van der Waals surface area contributed by atoms with Crippen molar-refractivity contribution in [2.24, 2.45) is 5.73 Å². The number of nitrogens with two attached hydrogens (primary N) is 1. The van der Waals surface area contributed by atoms with E-state index >= 15 is 0 Å². The van der Waals surface area contributed by atoms with Crippen LogP contribution in [0.5, 0.6) is 0 Å². The number of unbranched alkanes of at least 4 members (excludes halogenated alkanes) is 1. The van der Waals surface area contributed by atoms with Crippen molar-refractivity contribution in [1.82, 2.24) is 5.32 Å². The Morgan fingerprint density at radius 1 is 1.00 bits per heavy atom. The number of fused-ring (bicyclic) bond motifs is 2. The molecule has 0 atom stereocenters. The quantitative estimate of drug-likeness (QED) is 0.244. The number of anilines is 1. The van der Waals surface area contributed by atoms with E-state index in [1.807, 2.05) is 12.1 Å². The zero-order valence-electron chi connectivity index (χ0n) is 21.3. The van der Waals surface area contributed by atoms with Crippen LogP contribution in [0.1, 0.15) is 41.3 Å². The van der Waals surface area contributed by atoms with E-state index in [1.54, 1.807) is 0 Å². The van der Waals surface area contributed by atoms with Gasteiger partial charge < -0.3 is 16.0 Å². The molecule has 4 aromatic carbocycles. The summed E-state index contributed by atoms with van der Waals surface area (Å²) in [5.41, 5.74) is 12.1. The summed E-state index contributed by atoms with van der Waals surface area (Å²) in [5, 5.41) is 8.73. The van der Waals surface area contributed by atoms with Crippen LogP contribution in [0.25, 0.3) is 32.7 Å². The number of halogens is 3. The first-order chi connectivity index (χ1) is 17.0. The van der Waals surface area contributed by atoms with Gasteiger partial charge in [0.25, 0.3) is 5.91 Å². The van der Waals surface area contributed by atoms with Gasteiger partial charge in [0.1, 0.15) is 0 Å². The number of carbonyl (C=O) groups is 1. The highest BCUT2D eigenvalue weighted by Gasteiger charge is 2.28. The van der Waals surface area contributed by atoms with E-state index in [0.29, 0.717) is 5.56 Å². The van der Waals surface area contributed by atoms with Crippen LogP contribution in [0.15, 0.2) is 54.6 Å². The number of hydrogen-bond acceptors (Lipinski definition) is 3. The largest absolute Gasteiger partial charge is 0.368 e. The molecule has 1 aliphatic heterocycles. The summed E-state index contributed by atoms with van der Waals surface area (Å²) < 4.78 is 0. The smallest absolute Gasteiger partial charge is 0.251 e. The van der Waals surface area contributed by atoms with Gasteiger partial charge in [-0.2, -0.15) is 0 Å². The summed E-state index contributed by atoms with van der Waals surface area (Å²) >= 11 is 6.62. The molecule has 1 fully saturated rings. The van der Waals surface area contributed by atoms with Crippen molar-refractivity contribution in [2.75, 3.05) is 31.1 Å². The zero-order chi connectivity index (χ0) is 24.5. The van der Waals surface area contributed by atoms with Crippen LogP contribution in [0, 0.1) is 6.92 Å². The van der Waals surface area contributed by atoms with Gasteiger partial charge in [0.05, 0.1) is 11.3 Å². The monoisotopic (exact) mass is 557 g/mol. The molecule has 4 nitrogen and oxygen atoms in total. The minimum atomic E-state index is -0.361. The van der Waals surface area contributed by atoms with E-state index in [9.17, 15) is 4.79 Å². The Kier molecular flexibility index (Phi) is 9.71. The van der Waals surface area contributed by atoms with Crippen LogP contribution in [-0.2, 0) is 6.42 Å². The molecule has 1 amide bonds. The molecule has 37 heavy (non-hydrogen) atoms. The molecule has 5 rings (SSSR count). The fraction of sp³-hybridized carbons (Fsp3) is 0.300. The molecular formula is C30H34Cl3N3O. The van der Waals surface area contributed by atoms with Crippen LogP contribution >= 0.6 is 36.4 Å². The topological polar surface area (TPSA) is 58.4 Å². The number of nitrogens with one attached hydrogen (secondary N) is 1. The number of benzene rings is 4. The molecule has 1 aliphatic rings. The summed E-state index contributed by atoms with van der Waals surface area (Å²) in [5.74, 6) is -0.361. The Morgan fingerprint density at radius 3 is 2.27 bits per heavy atom. The predicted molar refractivity (Wildman–Crippen MR) is 163 cm³/mol. The van der Waals surface area contributed by atoms with E-state index in [-0.39, 0.29) is 30.7 Å². The van der Waals surface area contributed by atoms with Crippen LogP contribution in [0.2, 0.25) is 5.02 Å². The molecule has 196 valence electrons. The van der Waals surface area contributed by atoms with Crippen LogP contribution < -0.4 is 16.0 Å². The Balaban J connectivity index is 0.00000190. The number of carbonyl (C=O) groups excluding carboxylic acids is 1. The third-order valence-corrected chi connectivity index (χ3v) is 7.66. The minimum absolute atomic E-state index is 0. The average molecular weight is 559 g/mol. The second-order valence-corrected chi connectivity index (χ2v) is 9.85. The highest BCUT2D eigenvalue weighted by molar-refractivity contribution is 6.32. The van der Waals surface area contributed by atoms with Gasteiger partial charge in [-0.3, -0.25) is 4.79 Å². The maximum absolute atomic E-state index is 13.2. The lowest BCUT2D eigenvalue weighted by Crippen LogP contribution is -2.44. The predicted octanol–water partition coefficient (Wildman–Crippen LogP) is 7.32. The van der Waals surface area contributed by atoms with Gasteiger partial charge >= 0.3 is 0 Å². The van der Waals surface area contributed by atoms with Crippen LogP contribution in [0.3, 0.4) is 0 Å². The third kappa shape index (κ3) is 5.39. The van der Waals surface area contributed by atoms with Crippen molar-refractivity contribution < 1.29 is 4.79 Å². The minimum Gasteiger partial charge on any atom is -0.368 e. The standard InChI is InChI=1S/C30H32ClN3O.2ClH/c1-3-4-10-23-27(22-11-7-12-26(31)19(22)2)24-17-20-8-5-6-9-21(20)18-25(24)29(28(23)30(32)35)34-15-13-33-14-16-34;;/h5-9,11-12,17-18,33H,3-4,10,13-16H2,1-2H3,(H2,32,35);2*1H. The number of primary amides is 1. The van der Waals surface area contributed by atoms with Crippen molar-refractivity contribution in [2.45, 2.75) is 33.1 Å². The van der Waals surface area contributed by atoms with Crippen molar-refractivity contribution >= 4 is 69.6 Å². The summed E-state index contributed by atoms with van der Waals surface area (Å²) in [6.07, 6.45) is 2.80. The fourth-order valence-electron chi connectivity index (χ4n) is 5.48. The SMILES string of the molecule is CCCCc1c(C(N)=O)c(N2CCNCC2)c2cc3ccccc3cc2c1-c1cccc(Cl)c1C.Cl.Cl. The van der Waals surface area contributed by atoms with E-state index < -0.39 is 0 Å². The lowest BCUT2D eigenvalue weighted by atomic mass is 9.83. The third-order valence-electron chi connectivity index (χ3n) is 7.25. The highest BCUT2D eigenvalue weighted by atomic mass is 35.5. The molecule has 0 aromatic heterocycles. The molecule has 4 aromatic rings. The maximum atomic E-state index is 13.2. The van der Waals surface area contributed by atoms with E-state index in [0.717, 1.165) is 94.6 Å². The highest BCUT2D eigenvalue weighted by Crippen LogP contribution is 2.45. The van der Waals surface area contributed by atoms with Gasteiger partial charge in [-0.25, -0.2) is 0 Å². The normalized spacial score (nSPS) is 13.3. The second-order valence-electron chi connectivity index (χ2n) is 9.44. The van der Waals surface area contributed by atoms with Crippen LogP contribution in [-0.4, -0.2) is 32.1 Å². The first-order valence-electron chi connectivity index (χ1n) is 12.5. The number of amides is 1. The van der Waals surface area contributed by atoms with Crippen molar-refractivity contribution in [3.05, 3.63) is 76.3 Å². The van der Waals surface area contributed by atoms with E-state index in [1.165, 1.54) is 5.39 Å². The van der Waals surface area contributed by atoms with Crippen molar-refractivity contribution in [1.29, 1.82) is 0 Å². The van der Waals surface area contributed by atoms with Gasteiger partial charge in [0.2, 0.25) is 0 Å². The molecule has 0 saturated carbocycles. The Labute approximate surface area is 236 Å².